The Kier molecular flexibility index (Phi) is 4.45. The second-order valence-electron chi connectivity index (χ2n) is 5.35. The first-order valence-corrected chi connectivity index (χ1v) is 6.96. The third-order valence-corrected chi connectivity index (χ3v) is 3.23. The molecule has 1 N–H and O–H groups in total. The highest BCUT2D eigenvalue weighted by molar-refractivity contribution is 5.81. The standard InChI is InChI=1S/C16H22N2O2/c1-5-8-20-12-6-7-15-13(9-12)16(19)14(10-18(3)4)11(2)17-15/h6-7,9H,5,8,10H2,1-4H3,(H,17,19). The summed E-state index contributed by atoms with van der Waals surface area (Å²) in [5, 5.41) is 0.695. The van der Waals surface area contributed by atoms with Crippen LogP contribution in [-0.4, -0.2) is 30.6 Å². The summed E-state index contributed by atoms with van der Waals surface area (Å²) in [4.78, 5) is 17.9. The van der Waals surface area contributed by atoms with Gasteiger partial charge in [0.2, 0.25) is 0 Å². The zero-order chi connectivity index (χ0) is 14.7. The van der Waals surface area contributed by atoms with E-state index in [1.54, 1.807) is 0 Å². The van der Waals surface area contributed by atoms with Crippen molar-refractivity contribution in [3.05, 3.63) is 39.7 Å². The number of hydrogen-bond donors (Lipinski definition) is 1. The molecule has 0 aliphatic heterocycles. The maximum absolute atomic E-state index is 12.6. The Bertz CT molecular complexity index is 659. The number of rotatable bonds is 5. The molecule has 0 aliphatic carbocycles. The van der Waals surface area contributed by atoms with Gasteiger partial charge < -0.3 is 14.6 Å². The van der Waals surface area contributed by atoms with Crippen LogP contribution in [0.4, 0.5) is 0 Å². The maximum Gasteiger partial charge on any atom is 0.194 e. The molecule has 4 nitrogen and oxygen atoms in total. The number of hydrogen-bond acceptors (Lipinski definition) is 3. The number of aryl methyl sites for hydroxylation is 1. The minimum Gasteiger partial charge on any atom is -0.494 e. The molecule has 108 valence electrons. The second-order valence-corrected chi connectivity index (χ2v) is 5.35. The zero-order valence-electron chi connectivity index (χ0n) is 12.6. The first kappa shape index (κ1) is 14.6. The van der Waals surface area contributed by atoms with Crippen LogP contribution in [0.5, 0.6) is 5.75 Å². The molecule has 0 fully saturated rings. The number of aromatic amines is 1. The van der Waals surface area contributed by atoms with Crippen molar-refractivity contribution in [2.24, 2.45) is 0 Å². The second kappa shape index (κ2) is 6.09. The number of ether oxygens (including phenoxy) is 1. The topological polar surface area (TPSA) is 45.3 Å². The van der Waals surface area contributed by atoms with Crippen LogP contribution in [0.3, 0.4) is 0 Å². The first-order chi connectivity index (χ1) is 9.52. The molecule has 1 heterocycles. The van der Waals surface area contributed by atoms with Crippen molar-refractivity contribution in [3.63, 3.8) is 0 Å². The molecule has 0 radical (unpaired) electrons. The molecule has 0 atom stereocenters. The van der Waals surface area contributed by atoms with E-state index in [1.165, 1.54) is 0 Å². The number of H-pyrrole nitrogens is 1. The van der Waals surface area contributed by atoms with E-state index in [-0.39, 0.29) is 5.43 Å². The smallest absolute Gasteiger partial charge is 0.194 e. The van der Waals surface area contributed by atoms with Gasteiger partial charge in [-0.05, 0) is 45.6 Å². The molecule has 2 rings (SSSR count). The van der Waals surface area contributed by atoms with Crippen molar-refractivity contribution in [2.75, 3.05) is 20.7 Å². The molecule has 0 unspecified atom stereocenters. The summed E-state index contributed by atoms with van der Waals surface area (Å²) in [6, 6.07) is 5.65. The number of aromatic nitrogens is 1. The van der Waals surface area contributed by atoms with Crippen molar-refractivity contribution < 1.29 is 4.74 Å². The van der Waals surface area contributed by atoms with Crippen LogP contribution in [0.2, 0.25) is 0 Å². The molecule has 2 aromatic rings. The zero-order valence-corrected chi connectivity index (χ0v) is 12.6. The third kappa shape index (κ3) is 3.02. The van der Waals surface area contributed by atoms with Crippen LogP contribution in [0.15, 0.2) is 23.0 Å². The average Bonchev–Trinajstić information content (AvgIpc) is 2.41. The monoisotopic (exact) mass is 274 g/mol. The summed E-state index contributed by atoms with van der Waals surface area (Å²) in [6.45, 7) is 5.31. The summed E-state index contributed by atoms with van der Waals surface area (Å²) in [5.74, 6) is 0.754. The maximum atomic E-state index is 12.6. The third-order valence-electron chi connectivity index (χ3n) is 3.23. The summed E-state index contributed by atoms with van der Waals surface area (Å²) in [7, 11) is 3.92. The van der Waals surface area contributed by atoms with Gasteiger partial charge in [0.1, 0.15) is 5.75 Å². The number of pyridine rings is 1. The Labute approximate surface area is 119 Å². The Hall–Kier alpha value is -1.81. The SMILES string of the molecule is CCCOc1ccc2[nH]c(C)c(CN(C)C)c(=O)c2c1. The summed E-state index contributed by atoms with van der Waals surface area (Å²) >= 11 is 0. The van der Waals surface area contributed by atoms with E-state index in [1.807, 2.05) is 44.1 Å². The lowest BCUT2D eigenvalue weighted by molar-refractivity contribution is 0.318. The van der Waals surface area contributed by atoms with Gasteiger partial charge in [-0.2, -0.15) is 0 Å². The van der Waals surface area contributed by atoms with Gasteiger partial charge in [-0.1, -0.05) is 6.92 Å². The van der Waals surface area contributed by atoms with E-state index in [4.69, 9.17) is 4.74 Å². The normalized spacial score (nSPS) is 11.2. The fourth-order valence-electron chi connectivity index (χ4n) is 2.25. The number of fused-ring (bicyclic) bond motifs is 1. The summed E-state index contributed by atoms with van der Waals surface area (Å²) in [6.07, 6.45) is 0.953. The van der Waals surface area contributed by atoms with Gasteiger partial charge in [0.15, 0.2) is 5.43 Å². The Morgan fingerprint density at radius 1 is 1.30 bits per heavy atom. The van der Waals surface area contributed by atoms with Crippen LogP contribution in [0.1, 0.15) is 24.6 Å². The molecule has 4 heteroatoms. The van der Waals surface area contributed by atoms with Crippen LogP contribution in [0.25, 0.3) is 10.9 Å². The first-order valence-electron chi connectivity index (χ1n) is 6.96. The van der Waals surface area contributed by atoms with Crippen molar-refractivity contribution in [1.29, 1.82) is 0 Å². The molecular weight excluding hydrogens is 252 g/mol. The van der Waals surface area contributed by atoms with Crippen molar-refractivity contribution in [3.8, 4) is 5.75 Å². The van der Waals surface area contributed by atoms with E-state index in [9.17, 15) is 4.79 Å². The molecule has 1 aromatic carbocycles. The minimum atomic E-state index is 0.0897. The molecule has 0 aliphatic rings. The van der Waals surface area contributed by atoms with E-state index >= 15 is 0 Å². The number of nitrogens with one attached hydrogen (secondary N) is 1. The highest BCUT2D eigenvalue weighted by Crippen LogP contribution is 2.19. The Morgan fingerprint density at radius 2 is 2.05 bits per heavy atom. The lowest BCUT2D eigenvalue weighted by Gasteiger charge is -2.13. The highest BCUT2D eigenvalue weighted by atomic mass is 16.5. The van der Waals surface area contributed by atoms with E-state index in [0.717, 1.165) is 28.9 Å². The fraction of sp³-hybridized carbons (Fsp3) is 0.438. The molecular formula is C16H22N2O2. The van der Waals surface area contributed by atoms with Gasteiger partial charge in [0.05, 0.1) is 6.61 Å². The van der Waals surface area contributed by atoms with Crippen molar-refractivity contribution >= 4 is 10.9 Å². The predicted octanol–water partition coefficient (Wildman–Crippen LogP) is 2.69. The molecule has 0 bridgehead atoms. The molecule has 0 amide bonds. The molecule has 1 aromatic heterocycles. The van der Waals surface area contributed by atoms with E-state index in [2.05, 4.69) is 11.9 Å². The largest absolute Gasteiger partial charge is 0.494 e. The molecule has 20 heavy (non-hydrogen) atoms. The van der Waals surface area contributed by atoms with Gasteiger partial charge >= 0.3 is 0 Å². The van der Waals surface area contributed by atoms with E-state index in [0.29, 0.717) is 18.5 Å². The van der Waals surface area contributed by atoms with Gasteiger partial charge in [-0.3, -0.25) is 4.79 Å². The lowest BCUT2D eigenvalue weighted by atomic mass is 10.1. The van der Waals surface area contributed by atoms with Crippen molar-refractivity contribution in [1.82, 2.24) is 9.88 Å². The van der Waals surface area contributed by atoms with Gasteiger partial charge in [-0.15, -0.1) is 0 Å². The van der Waals surface area contributed by atoms with Crippen LogP contribution >= 0.6 is 0 Å². The Balaban J connectivity index is 2.53. The van der Waals surface area contributed by atoms with Crippen LogP contribution in [0, 0.1) is 6.92 Å². The molecule has 0 saturated heterocycles. The van der Waals surface area contributed by atoms with Crippen LogP contribution < -0.4 is 10.2 Å². The van der Waals surface area contributed by atoms with Gasteiger partial charge in [0.25, 0.3) is 0 Å². The highest BCUT2D eigenvalue weighted by Gasteiger charge is 2.11. The minimum absolute atomic E-state index is 0.0897. The quantitative estimate of drug-likeness (QED) is 0.911. The number of benzene rings is 1. The van der Waals surface area contributed by atoms with Crippen LogP contribution in [-0.2, 0) is 6.54 Å². The van der Waals surface area contributed by atoms with Crippen molar-refractivity contribution in [2.45, 2.75) is 26.8 Å². The molecule has 0 spiro atoms. The average molecular weight is 274 g/mol. The fourth-order valence-corrected chi connectivity index (χ4v) is 2.25. The predicted molar refractivity (Wildman–Crippen MR) is 82.5 cm³/mol. The van der Waals surface area contributed by atoms with E-state index < -0.39 is 0 Å². The molecule has 0 saturated carbocycles. The number of nitrogens with zero attached hydrogens (tertiary/aromatic N) is 1. The van der Waals surface area contributed by atoms with Gasteiger partial charge in [-0.25, -0.2) is 0 Å². The summed E-state index contributed by atoms with van der Waals surface area (Å²) < 4.78 is 5.61. The lowest BCUT2D eigenvalue weighted by Crippen LogP contribution is -2.21. The van der Waals surface area contributed by atoms with Gasteiger partial charge in [0, 0.05) is 28.7 Å². The summed E-state index contributed by atoms with van der Waals surface area (Å²) in [5.41, 5.74) is 2.69. The Morgan fingerprint density at radius 3 is 2.70 bits per heavy atom.